The zero-order chi connectivity index (χ0) is 9.84. The number of halogens is 2. The van der Waals surface area contributed by atoms with Gasteiger partial charge in [-0.2, -0.15) is 0 Å². The Bertz CT molecular complexity index is 270. The molecule has 1 aromatic heterocycles. The molecule has 1 rings (SSSR count). The van der Waals surface area contributed by atoms with Gasteiger partial charge in [0.1, 0.15) is 11.0 Å². The summed E-state index contributed by atoms with van der Waals surface area (Å²) < 4.78 is 0. The van der Waals surface area contributed by atoms with Crippen LogP contribution in [0.2, 0.25) is 10.4 Å². The average molecular weight is 220 g/mol. The van der Waals surface area contributed by atoms with E-state index in [2.05, 4.69) is 29.1 Å². The molecule has 72 valence electrons. The molecule has 0 bridgehead atoms. The highest BCUT2D eigenvalue weighted by Gasteiger charge is 2.03. The minimum Gasteiger partial charge on any atom is -0.367 e. The van der Waals surface area contributed by atoms with Crippen LogP contribution in [-0.4, -0.2) is 16.0 Å². The van der Waals surface area contributed by atoms with Crippen molar-refractivity contribution in [1.29, 1.82) is 0 Å². The van der Waals surface area contributed by atoms with Gasteiger partial charge in [-0.1, -0.05) is 18.5 Å². The smallest absolute Gasteiger partial charge is 0.225 e. The third kappa shape index (κ3) is 3.36. The van der Waals surface area contributed by atoms with Crippen LogP contribution in [0, 0.1) is 0 Å². The summed E-state index contributed by atoms with van der Waals surface area (Å²) in [6.45, 7) is 4.14. The van der Waals surface area contributed by atoms with Gasteiger partial charge in [-0.3, -0.25) is 0 Å². The molecule has 0 fully saturated rings. The van der Waals surface area contributed by atoms with Crippen LogP contribution in [0.25, 0.3) is 0 Å². The predicted octanol–water partition coefficient (Wildman–Crippen LogP) is 2.99. The molecule has 0 aliphatic heterocycles. The lowest BCUT2D eigenvalue weighted by molar-refractivity contribution is 0.758. The molecule has 1 N–H and O–H groups in total. The van der Waals surface area contributed by atoms with Crippen molar-refractivity contribution >= 4 is 29.0 Å². The van der Waals surface area contributed by atoms with Crippen LogP contribution in [0.4, 0.5) is 5.82 Å². The number of hydrogen-bond donors (Lipinski definition) is 1. The molecule has 1 heterocycles. The van der Waals surface area contributed by atoms with Crippen LogP contribution in [-0.2, 0) is 0 Å². The molecule has 0 amide bonds. The van der Waals surface area contributed by atoms with Gasteiger partial charge in [0.05, 0.1) is 0 Å². The summed E-state index contributed by atoms with van der Waals surface area (Å²) in [6.07, 6.45) is 1.01. The lowest BCUT2D eigenvalue weighted by atomic mass is 10.2. The average Bonchev–Trinajstić information content (AvgIpc) is 2.02. The molecule has 0 aromatic carbocycles. The monoisotopic (exact) mass is 219 g/mol. The van der Waals surface area contributed by atoms with Crippen LogP contribution in [0.3, 0.4) is 0 Å². The van der Waals surface area contributed by atoms with Crippen molar-refractivity contribution in [3.05, 3.63) is 16.5 Å². The van der Waals surface area contributed by atoms with E-state index >= 15 is 0 Å². The van der Waals surface area contributed by atoms with E-state index in [0.717, 1.165) is 6.42 Å². The molecule has 0 spiro atoms. The van der Waals surface area contributed by atoms with E-state index in [1.807, 2.05) is 0 Å². The van der Waals surface area contributed by atoms with Crippen LogP contribution < -0.4 is 5.32 Å². The van der Waals surface area contributed by atoms with E-state index in [1.54, 1.807) is 6.07 Å². The summed E-state index contributed by atoms with van der Waals surface area (Å²) in [4.78, 5) is 7.73. The summed E-state index contributed by atoms with van der Waals surface area (Å²) >= 11 is 11.3. The van der Waals surface area contributed by atoms with Crippen LogP contribution in [0.1, 0.15) is 20.3 Å². The van der Waals surface area contributed by atoms with Gasteiger partial charge in [0.15, 0.2) is 0 Å². The lowest BCUT2D eigenvalue weighted by Gasteiger charge is -2.11. The Labute approximate surface area is 87.5 Å². The first-order valence-electron chi connectivity index (χ1n) is 4.08. The van der Waals surface area contributed by atoms with E-state index in [1.165, 1.54) is 0 Å². The predicted molar refractivity (Wildman–Crippen MR) is 55.4 cm³/mol. The largest absolute Gasteiger partial charge is 0.367 e. The van der Waals surface area contributed by atoms with Gasteiger partial charge in [0.25, 0.3) is 0 Å². The van der Waals surface area contributed by atoms with Crippen molar-refractivity contribution in [1.82, 2.24) is 9.97 Å². The Morgan fingerprint density at radius 2 is 2.15 bits per heavy atom. The second kappa shape index (κ2) is 4.63. The molecular formula is C8H11Cl2N3. The van der Waals surface area contributed by atoms with Gasteiger partial charge in [-0.15, -0.1) is 0 Å². The van der Waals surface area contributed by atoms with E-state index in [9.17, 15) is 0 Å². The summed E-state index contributed by atoms with van der Waals surface area (Å²) in [5, 5.41) is 3.67. The Morgan fingerprint density at radius 1 is 1.46 bits per heavy atom. The first kappa shape index (κ1) is 10.5. The van der Waals surface area contributed by atoms with Gasteiger partial charge < -0.3 is 5.32 Å². The molecular weight excluding hydrogens is 209 g/mol. The fourth-order valence-corrected chi connectivity index (χ4v) is 1.23. The third-order valence-electron chi connectivity index (χ3n) is 1.67. The topological polar surface area (TPSA) is 37.8 Å². The molecule has 13 heavy (non-hydrogen) atoms. The molecule has 0 unspecified atom stereocenters. The van der Waals surface area contributed by atoms with Crippen molar-refractivity contribution < 1.29 is 0 Å². The molecule has 0 saturated heterocycles. The van der Waals surface area contributed by atoms with Crippen molar-refractivity contribution in [2.24, 2.45) is 0 Å². The second-order valence-corrected chi connectivity index (χ2v) is 3.52. The van der Waals surface area contributed by atoms with Gasteiger partial charge in [0, 0.05) is 12.1 Å². The number of rotatable bonds is 3. The van der Waals surface area contributed by atoms with Crippen LogP contribution in [0.15, 0.2) is 6.07 Å². The van der Waals surface area contributed by atoms with Crippen molar-refractivity contribution in [3.8, 4) is 0 Å². The fourth-order valence-electron chi connectivity index (χ4n) is 0.818. The van der Waals surface area contributed by atoms with E-state index in [0.29, 0.717) is 17.0 Å². The highest BCUT2D eigenvalue weighted by atomic mass is 35.5. The summed E-state index contributed by atoms with van der Waals surface area (Å²) in [5.74, 6) is 0.666. The first-order valence-corrected chi connectivity index (χ1v) is 4.84. The Kier molecular flexibility index (Phi) is 3.75. The fraction of sp³-hybridized carbons (Fsp3) is 0.500. The van der Waals surface area contributed by atoms with Crippen LogP contribution in [0.5, 0.6) is 0 Å². The lowest BCUT2D eigenvalue weighted by Crippen LogP contribution is -2.14. The Hall–Kier alpha value is -0.540. The third-order valence-corrected chi connectivity index (χ3v) is 2.04. The SMILES string of the molecule is CC[C@@H](C)Nc1cc(Cl)nc(Cl)n1. The first-order chi connectivity index (χ1) is 6.11. The summed E-state index contributed by atoms with van der Waals surface area (Å²) in [5.41, 5.74) is 0. The highest BCUT2D eigenvalue weighted by molar-refractivity contribution is 6.32. The normalized spacial score (nSPS) is 12.6. The Balaban J connectivity index is 2.77. The zero-order valence-corrected chi connectivity index (χ0v) is 9.02. The molecule has 3 nitrogen and oxygen atoms in total. The molecule has 0 aliphatic carbocycles. The highest BCUT2D eigenvalue weighted by Crippen LogP contribution is 2.15. The molecule has 0 radical (unpaired) electrons. The van der Waals surface area contributed by atoms with E-state index in [-0.39, 0.29) is 5.28 Å². The minimum atomic E-state index is 0.165. The quantitative estimate of drug-likeness (QED) is 0.628. The van der Waals surface area contributed by atoms with Gasteiger partial charge in [-0.25, -0.2) is 9.97 Å². The van der Waals surface area contributed by atoms with Gasteiger partial charge >= 0.3 is 0 Å². The van der Waals surface area contributed by atoms with E-state index in [4.69, 9.17) is 23.2 Å². The summed E-state index contributed by atoms with van der Waals surface area (Å²) in [6, 6.07) is 2.00. The molecule has 1 aromatic rings. The number of anilines is 1. The Morgan fingerprint density at radius 3 is 2.69 bits per heavy atom. The number of hydrogen-bond acceptors (Lipinski definition) is 3. The maximum atomic E-state index is 5.70. The maximum absolute atomic E-state index is 5.70. The molecule has 5 heteroatoms. The van der Waals surface area contributed by atoms with Crippen molar-refractivity contribution in [2.45, 2.75) is 26.3 Å². The number of nitrogens with one attached hydrogen (secondary N) is 1. The van der Waals surface area contributed by atoms with Crippen molar-refractivity contribution in [3.63, 3.8) is 0 Å². The molecule has 0 aliphatic rings. The number of aromatic nitrogens is 2. The van der Waals surface area contributed by atoms with Crippen molar-refractivity contribution in [2.75, 3.05) is 5.32 Å². The molecule has 0 saturated carbocycles. The summed E-state index contributed by atoms with van der Waals surface area (Å²) in [7, 11) is 0. The zero-order valence-electron chi connectivity index (χ0n) is 7.51. The van der Waals surface area contributed by atoms with Gasteiger partial charge in [-0.05, 0) is 24.9 Å². The maximum Gasteiger partial charge on any atom is 0.225 e. The molecule has 1 atom stereocenters. The minimum absolute atomic E-state index is 0.165. The second-order valence-electron chi connectivity index (χ2n) is 2.80. The van der Waals surface area contributed by atoms with Gasteiger partial charge in [0.2, 0.25) is 5.28 Å². The standard InChI is InChI=1S/C8H11Cl2N3/c1-3-5(2)11-7-4-6(9)12-8(10)13-7/h4-5H,3H2,1-2H3,(H,11,12,13)/t5-/m1/s1. The van der Waals surface area contributed by atoms with E-state index < -0.39 is 0 Å². The van der Waals surface area contributed by atoms with Crippen LogP contribution >= 0.6 is 23.2 Å². The number of nitrogens with zero attached hydrogens (tertiary/aromatic N) is 2.